The smallest absolute Gasteiger partial charge is 0.265 e. The van der Waals surface area contributed by atoms with Gasteiger partial charge in [0.25, 0.3) is 5.91 Å². The summed E-state index contributed by atoms with van der Waals surface area (Å²) in [5, 5.41) is 6.52. The average molecular weight is 309 g/mol. The topological polar surface area (TPSA) is 100 Å². The number of rotatable bonds is 5. The predicted molar refractivity (Wildman–Crippen MR) is 81.3 cm³/mol. The summed E-state index contributed by atoms with van der Waals surface area (Å²) in [4.78, 5) is 30.2. The van der Waals surface area contributed by atoms with E-state index in [9.17, 15) is 9.59 Å². The van der Waals surface area contributed by atoms with Gasteiger partial charge in [-0.2, -0.15) is 0 Å². The highest BCUT2D eigenvalue weighted by molar-refractivity contribution is 7.18. The minimum atomic E-state index is -0.332. The molecule has 21 heavy (non-hydrogen) atoms. The quantitative estimate of drug-likeness (QED) is 0.741. The molecule has 2 amide bonds. The molecule has 4 N–H and O–H groups in total. The molecule has 0 bridgehead atoms. The second-order valence-electron chi connectivity index (χ2n) is 5.42. The third-order valence-electron chi connectivity index (χ3n) is 3.62. The monoisotopic (exact) mass is 309 g/mol. The second kappa shape index (κ2) is 5.88. The number of nitrogens with zero attached hydrogens (tertiary/aromatic N) is 2. The third kappa shape index (κ3) is 3.44. The first-order chi connectivity index (χ1) is 10.1. The molecular weight excluding hydrogens is 290 g/mol. The van der Waals surface area contributed by atoms with Crippen LogP contribution in [0.5, 0.6) is 0 Å². The van der Waals surface area contributed by atoms with Crippen molar-refractivity contribution in [1.29, 1.82) is 0 Å². The van der Waals surface area contributed by atoms with Crippen LogP contribution in [-0.2, 0) is 4.79 Å². The van der Waals surface area contributed by atoms with Crippen LogP contribution in [0.1, 0.15) is 35.4 Å². The van der Waals surface area contributed by atoms with Crippen LogP contribution in [0.4, 0.5) is 10.9 Å². The average Bonchev–Trinajstić information content (AvgIpc) is 2.97. The maximum Gasteiger partial charge on any atom is 0.265 e. The molecule has 2 aliphatic rings. The van der Waals surface area contributed by atoms with Crippen LogP contribution in [-0.4, -0.2) is 47.4 Å². The first kappa shape index (κ1) is 14.1. The minimum absolute atomic E-state index is 0.0154. The number of anilines is 2. The van der Waals surface area contributed by atoms with Crippen molar-refractivity contribution in [3.63, 3.8) is 0 Å². The summed E-state index contributed by atoms with van der Waals surface area (Å²) in [6.07, 6.45) is 4.34. The van der Waals surface area contributed by atoms with Crippen LogP contribution in [0.2, 0.25) is 0 Å². The Kier molecular flexibility index (Phi) is 3.96. The number of carbonyl (C=O) groups is 2. The lowest BCUT2D eigenvalue weighted by Gasteiger charge is -2.15. The van der Waals surface area contributed by atoms with Crippen molar-refractivity contribution in [1.82, 2.24) is 15.2 Å². The first-order valence-corrected chi connectivity index (χ1v) is 8.04. The molecule has 2 heterocycles. The van der Waals surface area contributed by atoms with Crippen molar-refractivity contribution in [3.05, 3.63) is 4.88 Å². The van der Waals surface area contributed by atoms with E-state index in [2.05, 4.69) is 15.6 Å². The number of nitrogens with two attached hydrogens (primary N) is 1. The van der Waals surface area contributed by atoms with Crippen LogP contribution in [0.15, 0.2) is 0 Å². The van der Waals surface area contributed by atoms with Gasteiger partial charge in [0.2, 0.25) is 5.91 Å². The molecule has 1 aromatic heterocycles. The second-order valence-corrected chi connectivity index (χ2v) is 6.42. The van der Waals surface area contributed by atoms with Crippen molar-refractivity contribution in [3.8, 4) is 0 Å². The highest BCUT2D eigenvalue weighted by Gasteiger charge is 2.24. The van der Waals surface area contributed by atoms with Gasteiger partial charge in [-0.05, 0) is 25.7 Å². The summed E-state index contributed by atoms with van der Waals surface area (Å²) < 4.78 is 0. The van der Waals surface area contributed by atoms with Gasteiger partial charge in [0.05, 0.1) is 6.54 Å². The van der Waals surface area contributed by atoms with Gasteiger partial charge in [-0.25, -0.2) is 4.98 Å². The van der Waals surface area contributed by atoms with Gasteiger partial charge in [0.15, 0.2) is 5.13 Å². The molecule has 1 saturated carbocycles. The van der Waals surface area contributed by atoms with E-state index in [-0.39, 0.29) is 24.2 Å². The molecule has 0 atom stereocenters. The number of carbonyl (C=O) groups excluding carboxylic acids is 2. The molecule has 1 aromatic rings. The van der Waals surface area contributed by atoms with Gasteiger partial charge in [-0.15, -0.1) is 0 Å². The van der Waals surface area contributed by atoms with Crippen molar-refractivity contribution in [2.45, 2.75) is 31.7 Å². The summed E-state index contributed by atoms with van der Waals surface area (Å²) in [5.41, 5.74) is 5.77. The standard InChI is InChI=1S/C13H19N5O2S/c14-11-10(21-13(17-11)16-8-3-4-8)12(20)15-7-9(19)18-5-1-2-6-18/h8H,1-7,14H2,(H,15,20)(H,16,17). The summed E-state index contributed by atoms with van der Waals surface area (Å²) in [6, 6.07) is 0.461. The number of likely N-dealkylation sites (tertiary alicyclic amines) is 1. The zero-order valence-corrected chi connectivity index (χ0v) is 12.5. The number of hydrogen-bond donors (Lipinski definition) is 3. The van der Waals surface area contributed by atoms with Crippen LogP contribution >= 0.6 is 11.3 Å². The number of thiazole rings is 1. The molecule has 1 aliphatic heterocycles. The maximum absolute atomic E-state index is 12.1. The number of amides is 2. The highest BCUT2D eigenvalue weighted by Crippen LogP contribution is 2.30. The molecule has 0 radical (unpaired) electrons. The lowest BCUT2D eigenvalue weighted by Crippen LogP contribution is -2.38. The zero-order valence-electron chi connectivity index (χ0n) is 11.7. The number of nitrogen functional groups attached to an aromatic ring is 1. The molecule has 1 aliphatic carbocycles. The molecule has 114 valence electrons. The van der Waals surface area contributed by atoms with Crippen molar-refractivity contribution < 1.29 is 9.59 Å². The van der Waals surface area contributed by atoms with Crippen LogP contribution in [0, 0.1) is 0 Å². The number of aromatic nitrogens is 1. The van der Waals surface area contributed by atoms with E-state index in [1.54, 1.807) is 4.90 Å². The molecular formula is C13H19N5O2S. The van der Waals surface area contributed by atoms with E-state index in [1.165, 1.54) is 11.3 Å². The van der Waals surface area contributed by atoms with E-state index < -0.39 is 0 Å². The normalized spacial score (nSPS) is 17.8. The summed E-state index contributed by atoms with van der Waals surface area (Å²) in [7, 11) is 0. The SMILES string of the molecule is Nc1nc(NC2CC2)sc1C(=O)NCC(=O)N1CCCC1. The van der Waals surface area contributed by atoms with Gasteiger partial charge >= 0.3 is 0 Å². The van der Waals surface area contributed by atoms with Crippen LogP contribution in [0.25, 0.3) is 0 Å². The fourth-order valence-corrected chi connectivity index (χ4v) is 3.15. The Morgan fingerprint density at radius 1 is 1.33 bits per heavy atom. The number of hydrogen-bond acceptors (Lipinski definition) is 6. The Hall–Kier alpha value is -1.83. The lowest BCUT2D eigenvalue weighted by atomic mass is 10.4. The van der Waals surface area contributed by atoms with E-state index in [0.29, 0.717) is 16.1 Å². The summed E-state index contributed by atoms with van der Waals surface area (Å²) in [5.74, 6) is -0.157. The van der Waals surface area contributed by atoms with E-state index in [0.717, 1.165) is 38.8 Å². The summed E-state index contributed by atoms with van der Waals surface area (Å²) in [6.45, 7) is 1.58. The summed E-state index contributed by atoms with van der Waals surface area (Å²) >= 11 is 1.24. The first-order valence-electron chi connectivity index (χ1n) is 7.22. The van der Waals surface area contributed by atoms with E-state index >= 15 is 0 Å². The van der Waals surface area contributed by atoms with Gasteiger partial charge < -0.3 is 21.3 Å². The molecule has 8 heteroatoms. The van der Waals surface area contributed by atoms with Crippen LogP contribution < -0.4 is 16.4 Å². The molecule has 0 unspecified atom stereocenters. The molecule has 0 spiro atoms. The fraction of sp³-hybridized carbons (Fsp3) is 0.615. The van der Waals surface area contributed by atoms with E-state index in [4.69, 9.17) is 5.73 Å². The zero-order chi connectivity index (χ0) is 14.8. The third-order valence-corrected chi connectivity index (χ3v) is 4.62. The van der Waals surface area contributed by atoms with Crippen LogP contribution in [0.3, 0.4) is 0 Å². The Bertz CT molecular complexity index is 549. The Labute approximate surface area is 126 Å². The Balaban J connectivity index is 1.54. The predicted octanol–water partition coefficient (Wildman–Crippen LogP) is 0.652. The lowest BCUT2D eigenvalue weighted by molar-refractivity contribution is -0.129. The van der Waals surface area contributed by atoms with Gasteiger partial charge in [0.1, 0.15) is 10.7 Å². The Morgan fingerprint density at radius 2 is 2.05 bits per heavy atom. The van der Waals surface area contributed by atoms with E-state index in [1.807, 2.05) is 0 Å². The highest BCUT2D eigenvalue weighted by atomic mass is 32.1. The maximum atomic E-state index is 12.1. The minimum Gasteiger partial charge on any atom is -0.382 e. The molecule has 1 saturated heterocycles. The Morgan fingerprint density at radius 3 is 2.71 bits per heavy atom. The van der Waals surface area contributed by atoms with Crippen molar-refractivity contribution in [2.75, 3.05) is 30.7 Å². The van der Waals surface area contributed by atoms with Gasteiger partial charge in [0, 0.05) is 19.1 Å². The number of nitrogens with one attached hydrogen (secondary N) is 2. The largest absolute Gasteiger partial charge is 0.382 e. The fourth-order valence-electron chi connectivity index (χ4n) is 2.27. The van der Waals surface area contributed by atoms with Gasteiger partial charge in [-0.3, -0.25) is 9.59 Å². The molecule has 2 fully saturated rings. The van der Waals surface area contributed by atoms with Crippen molar-refractivity contribution >= 4 is 34.1 Å². The molecule has 7 nitrogen and oxygen atoms in total. The van der Waals surface area contributed by atoms with Crippen molar-refractivity contribution in [2.24, 2.45) is 0 Å². The van der Waals surface area contributed by atoms with Gasteiger partial charge in [-0.1, -0.05) is 11.3 Å². The molecule has 0 aromatic carbocycles. The molecule has 3 rings (SSSR count).